The quantitative estimate of drug-likeness (QED) is 0.0186. The Morgan fingerprint density at radius 1 is 0.554 bits per heavy atom. The minimum atomic E-state index is -0.268. The monoisotopic (exact) mass is 787 g/mol. The number of nitrogens with zero attached hydrogens (tertiary/aromatic N) is 1. The van der Waals surface area contributed by atoms with E-state index < -0.39 is 0 Å². The van der Waals surface area contributed by atoms with Crippen LogP contribution < -0.4 is 16.8 Å². The number of carbonyl (C=O) groups excluding carboxylic acids is 2. The average Bonchev–Trinajstić information content (AvgIpc) is 4.12. The van der Waals surface area contributed by atoms with Crippen LogP contribution in [-0.2, 0) is 23.8 Å². The number of guanidine groups is 1. The van der Waals surface area contributed by atoms with Gasteiger partial charge in [-0.05, 0) is 101 Å². The van der Waals surface area contributed by atoms with Gasteiger partial charge in [-0.15, -0.1) is 0 Å². The molecule has 1 amide bonds. The summed E-state index contributed by atoms with van der Waals surface area (Å²) in [5, 5.41) is 3.25. The molecular formula is C47H86N4O5. The van der Waals surface area contributed by atoms with Crippen LogP contribution in [0.15, 0.2) is 27.7 Å². The molecule has 0 aromatic carbocycles. The maximum atomic E-state index is 13.3. The SMILES string of the molecule is CCCCCCCCC(CCCCCC)C(OCCCCCC(=O)N[C@@H](CCN=C(N)N)C(OCCCCOC(=O)C(CCC)CCCCC)=C1CC1)=C1CC1. The zero-order valence-corrected chi connectivity index (χ0v) is 36.7. The van der Waals surface area contributed by atoms with E-state index in [1.54, 1.807) is 5.57 Å². The van der Waals surface area contributed by atoms with E-state index in [-0.39, 0.29) is 29.8 Å². The number of carbonyl (C=O) groups is 2. The summed E-state index contributed by atoms with van der Waals surface area (Å²) in [6.45, 7) is 11.0. The van der Waals surface area contributed by atoms with Gasteiger partial charge < -0.3 is 31.0 Å². The molecule has 2 aliphatic rings. The van der Waals surface area contributed by atoms with Crippen LogP contribution in [0.2, 0.25) is 0 Å². The summed E-state index contributed by atoms with van der Waals surface area (Å²) in [5.41, 5.74) is 14.1. The number of unbranched alkanes of at least 4 members (excludes halogenated alkanes) is 13. The Hall–Kier alpha value is -2.71. The molecule has 0 aliphatic heterocycles. The number of nitrogens with one attached hydrogen (secondary N) is 1. The Kier molecular flexibility index (Phi) is 28.5. The maximum absolute atomic E-state index is 13.3. The smallest absolute Gasteiger partial charge is 0.308 e. The second-order valence-corrected chi connectivity index (χ2v) is 16.6. The average molecular weight is 787 g/mol. The van der Waals surface area contributed by atoms with Gasteiger partial charge in [0, 0.05) is 18.9 Å². The predicted molar refractivity (Wildman–Crippen MR) is 233 cm³/mol. The van der Waals surface area contributed by atoms with Crippen LogP contribution in [0.25, 0.3) is 0 Å². The molecule has 3 atom stereocenters. The van der Waals surface area contributed by atoms with Gasteiger partial charge in [-0.2, -0.15) is 0 Å². The van der Waals surface area contributed by atoms with Crippen LogP contribution in [0.1, 0.15) is 214 Å². The third-order valence-corrected chi connectivity index (χ3v) is 11.2. The number of amides is 1. The summed E-state index contributed by atoms with van der Waals surface area (Å²) in [5.74, 6) is 2.80. The highest BCUT2D eigenvalue weighted by Gasteiger charge is 2.28. The number of allylic oxidation sites excluding steroid dienone is 3. The standard InChI is InChI=1S/C47H86N4O5/c1-5-9-12-14-15-19-26-38(25-18-13-10-6-2)44(39-29-30-39)54-35-21-16-20-28-43(52)51-42(33-34-50-47(48)49)45(40-31-32-40)55-36-22-23-37-56-46(53)41(24-8-4)27-17-11-7-3/h38,41-42H,5-37H2,1-4H3,(H,51,52)(H4,48,49,50)/t38?,41?,42-/m0/s1. The summed E-state index contributed by atoms with van der Waals surface area (Å²) >= 11 is 0. The largest absolute Gasteiger partial charge is 0.498 e. The van der Waals surface area contributed by atoms with Gasteiger partial charge >= 0.3 is 5.97 Å². The molecule has 2 saturated carbocycles. The van der Waals surface area contributed by atoms with Crippen molar-refractivity contribution in [2.75, 3.05) is 26.4 Å². The van der Waals surface area contributed by atoms with Crippen LogP contribution in [-0.4, -0.2) is 50.2 Å². The second-order valence-electron chi connectivity index (χ2n) is 16.6. The lowest BCUT2D eigenvalue weighted by Gasteiger charge is -2.23. The van der Waals surface area contributed by atoms with Crippen LogP contribution in [0.3, 0.4) is 0 Å². The zero-order chi connectivity index (χ0) is 40.6. The van der Waals surface area contributed by atoms with Crippen LogP contribution in [0, 0.1) is 11.8 Å². The van der Waals surface area contributed by atoms with Gasteiger partial charge in [-0.25, -0.2) is 0 Å². The summed E-state index contributed by atoms with van der Waals surface area (Å²) in [4.78, 5) is 30.1. The summed E-state index contributed by atoms with van der Waals surface area (Å²) in [7, 11) is 0. The fraction of sp³-hybridized carbons (Fsp3) is 0.851. The molecule has 0 bridgehead atoms. The van der Waals surface area contributed by atoms with Crippen molar-refractivity contribution in [1.29, 1.82) is 0 Å². The molecule has 0 heterocycles. The van der Waals surface area contributed by atoms with Crippen molar-refractivity contribution in [2.24, 2.45) is 28.3 Å². The molecule has 9 heteroatoms. The van der Waals surface area contributed by atoms with Crippen molar-refractivity contribution in [1.82, 2.24) is 5.32 Å². The Balaban J connectivity index is 1.80. The maximum Gasteiger partial charge on any atom is 0.308 e. The first-order valence-corrected chi connectivity index (χ1v) is 23.5. The molecule has 0 aromatic heterocycles. The first-order chi connectivity index (χ1) is 27.3. The third-order valence-electron chi connectivity index (χ3n) is 11.2. The second kappa shape index (κ2) is 32.3. The number of rotatable bonds is 38. The van der Waals surface area contributed by atoms with E-state index in [1.807, 2.05) is 0 Å². The van der Waals surface area contributed by atoms with E-state index >= 15 is 0 Å². The summed E-state index contributed by atoms with van der Waals surface area (Å²) in [6.07, 6.45) is 31.6. The van der Waals surface area contributed by atoms with Gasteiger partial charge in [0.15, 0.2) is 5.96 Å². The fourth-order valence-corrected chi connectivity index (χ4v) is 7.62. The Morgan fingerprint density at radius 3 is 1.64 bits per heavy atom. The molecule has 2 unspecified atom stereocenters. The van der Waals surface area contributed by atoms with Crippen molar-refractivity contribution in [2.45, 2.75) is 220 Å². The number of ether oxygens (including phenoxy) is 3. The van der Waals surface area contributed by atoms with Crippen molar-refractivity contribution in [3.63, 3.8) is 0 Å². The van der Waals surface area contributed by atoms with E-state index in [0.717, 1.165) is 95.8 Å². The van der Waals surface area contributed by atoms with Gasteiger partial charge in [-0.3, -0.25) is 14.6 Å². The van der Waals surface area contributed by atoms with Gasteiger partial charge in [0.25, 0.3) is 0 Å². The number of hydrogen-bond donors (Lipinski definition) is 3. The zero-order valence-electron chi connectivity index (χ0n) is 36.7. The first-order valence-electron chi connectivity index (χ1n) is 23.5. The highest BCUT2D eigenvalue weighted by atomic mass is 16.5. The Labute approximate surface area is 343 Å². The predicted octanol–water partition coefficient (Wildman–Crippen LogP) is 11.5. The number of esters is 1. The van der Waals surface area contributed by atoms with Crippen molar-refractivity contribution >= 4 is 17.8 Å². The molecule has 56 heavy (non-hydrogen) atoms. The third kappa shape index (κ3) is 24.1. The van der Waals surface area contributed by atoms with E-state index in [1.165, 1.54) is 101 Å². The van der Waals surface area contributed by atoms with Crippen LogP contribution in [0.4, 0.5) is 0 Å². The van der Waals surface area contributed by atoms with Crippen molar-refractivity contribution in [3.05, 3.63) is 22.7 Å². The first kappa shape index (κ1) is 49.4. The van der Waals surface area contributed by atoms with E-state index in [0.29, 0.717) is 38.5 Å². The Morgan fingerprint density at radius 2 is 1.04 bits per heavy atom. The lowest BCUT2D eigenvalue weighted by atomic mass is 9.92. The number of aliphatic imine (C=N–C) groups is 1. The summed E-state index contributed by atoms with van der Waals surface area (Å²) in [6, 6.07) is -0.268. The Bertz CT molecular complexity index is 1140. The molecule has 0 saturated heterocycles. The fourth-order valence-electron chi connectivity index (χ4n) is 7.62. The van der Waals surface area contributed by atoms with E-state index in [2.05, 4.69) is 38.0 Å². The highest BCUT2D eigenvalue weighted by molar-refractivity contribution is 5.77. The minimum Gasteiger partial charge on any atom is -0.498 e. The highest BCUT2D eigenvalue weighted by Crippen LogP contribution is 2.39. The number of nitrogens with two attached hydrogens (primary N) is 2. The van der Waals surface area contributed by atoms with E-state index in [4.69, 9.17) is 25.7 Å². The van der Waals surface area contributed by atoms with Crippen LogP contribution >= 0.6 is 0 Å². The lowest BCUT2D eigenvalue weighted by Crippen LogP contribution is -2.38. The molecule has 2 fully saturated rings. The van der Waals surface area contributed by atoms with E-state index in [9.17, 15) is 9.59 Å². The number of hydrogen-bond acceptors (Lipinski definition) is 6. The van der Waals surface area contributed by atoms with Gasteiger partial charge in [0.05, 0.1) is 37.5 Å². The molecule has 0 radical (unpaired) electrons. The molecule has 0 spiro atoms. The van der Waals surface area contributed by atoms with Gasteiger partial charge in [-0.1, -0.05) is 118 Å². The molecule has 5 N–H and O–H groups in total. The molecule has 2 rings (SSSR count). The molecule has 324 valence electrons. The van der Waals surface area contributed by atoms with Gasteiger partial charge in [0.1, 0.15) is 5.76 Å². The lowest BCUT2D eigenvalue weighted by molar-refractivity contribution is -0.149. The topological polar surface area (TPSA) is 138 Å². The normalized spacial score (nSPS) is 14.8. The molecular weight excluding hydrogens is 701 g/mol. The van der Waals surface area contributed by atoms with Crippen LogP contribution in [0.5, 0.6) is 0 Å². The van der Waals surface area contributed by atoms with Crippen molar-refractivity contribution in [3.8, 4) is 0 Å². The van der Waals surface area contributed by atoms with Gasteiger partial charge in [0.2, 0.25) is 5.91 Å². The summed E-state index contributed by atoms with van der Waals surface area (Å²) < 4.78 is 18.6. The molecule has 2 aliphatic carbocycles. The van der Waals surface area contributed by atoms with Crippen molar-refractivity contribution < 1.29 is 23.8 Å². The molecule has 0 aromatic rings. The molecule has 9 nitrogen and oxygen atoms in total. The minimum absolute atomic E-state index is 0.0110.